The number of nitrogens with one attached hydrogen (secondary N) is 1. The molecule has 5 nitrogen and oxygen atoms in total. The number of rotatable bonds is 3. The number of methoxy groups -OCH3 is 1. The second-order valence-electron chi connectivity index (χ2n) is 4.88. The molecule has 0 atom stereocenters. The summed E-state index contributed by atoms with van der Waals surface area (Å²) in [5, 5.41) is 4.33. The molecule has 0 aliphatic carbocycles. The van der Waals surface area contributed by atoms with Crippen LogP contribution in [0.4, 0.5) is 11.5 Å². The normalized spacial score (nSPS) is 10.7. The Balaban J connectivity index is 1.95. The Kier molecular flexibility index (Phi) is 3.77. The van der Waals surface area contributed by atoms with E-state index in [1.807, 2.05) is 12.1 Å². The molecule has 0 spiro atoms. The van der Waals surface area contributed by atoms with Crippen molar-refractivity contribution in [3.05, 3.63) is 46.6 Å². The molecule has 0 aliphatic heterocycles. The van der Waals surface area contributed by atoms with Gasteiger partial charge >= 0.3 is 5.97 Å². The highest BCUT2D eigenvalue weighted by Gasteiger charge is 2.12. The Hall–Kier alpha value is -2.47. The highest BCUT2D eigenvalue weighted by atomic mass is 32.1. The number of aryl methyl sites for hydroxylation is 2. The van der Waals surface area contributed by atoms with E-state index in [1.54, 1.807) is 29.8 Å². The molecule has 0 bridgehead atoms. The summed E-state index contributed by atoms with van der Waals surface area (Å²) in [6.45, 7) is 4.15. The lowest BCUT2D eigenvalue weighted by Gasteiger charge is -2.08. The molecule has 6 heteroatoms. The van der Waals surface area contributed by atoms with Gasteiger partial charge in [-0.25, -0.2) is 14.8 Å². The number of esters is 1. The summed E-state index contributed by atoms with van der Waals surface area (Å²) < 4.78 is 4.69. The number of aromatic nitrogens is 2. The minimum Gasteiger partial charge on any atom is -0.465 e. The van der Waals surface area contributed by atoms with Gasteiger partial charge in [-0.2, -0.15) is 0 Å². The van der Waals surface area contributed by atoms with Crippen LogP contribution >= 0.6 is 11.3 Å². The molecular weight excluding hydrogens is 298 g/mol. The van der Waals surface area contributed by atoms with Crippen LogP contribution in [0.5, 0.6) is 0 Å². The topological polar surface area (TPSA) is 64.1 Å². The number of thiophene rings is 1. The van der Waals surface area contributed by atoms with Crippen molar-refractivity contribution in [2.75, 3.05) is 12.4 Å². The first-order chi connectivity index (χ1) is 10.6. The number of carbonyl (C=O) groups is 1. The Bertz CT molecular complexity index is 840. The summed E-state index contributed by atoms with van der Waals surface area (Å²) in [6, 6.07) is 7.10. The van der Waals surface area contributed by atoms with Gasteiger partial charge in [-0.05, 0) is 43.7 Å². The van der Waals surface area contributed by atoms with Gasteiger partial charge in [0.2, 0.25) is 0 Å². The zero-order valence-electron chi connectivity index (χ0n) is 12.5. The van der Waals surface area contributed by atoms with E-state index in [0.717, 1.165) is 21.7 Å². The summed E-state index contributed by atoms with van der Waals surface area (Å²) in [6.07, 6.45) is 1.56. The number of benzene rings is 1. The second-order valence-corrected chi connectivity index (χ2v) is 6.08. The quantitative estimate of drug-likeness (QED) is 0.744. The monoisotopic (exact) mass is 313 g/mol. The highest BCUT2D eigenvalue weighted by molar-refractivity contribution is 7.18. The third-order valence-corrected chi connectivity index (χ3v) is 4.65. The zero-order valence-corrected chi connectivity index (χ0v) is 13.3. The predicted molar refractivity (Wildman–Crippen MR) is 88.0 cm³/mol. The van der Waals surface area contributed by atoms with Gasteiger partial charge < -0.3 is 10.1 Å². The van der Waals surface area contributed by atoms with E-state index in [1.165, 1.54) is 17.6 Å². The van der Waals surface area contributed by atoms with Crippen molar-refractivity contribution >= 4 is 39.0 Å². The smallest absolute Gasteiger partial charge is 0.337 e. The number of anilines is 2. The van der Waals surface area contributed by atoms with Gasteiger partial charge in [0.25, 0.3) is 0 Å². The average Bonchev–Trinajstić information content (AvgIpc) is 2.83. The van der Waals surface area contributed by atoms with E-state index in [9.17, 15) is 4.79 Å². The van der Waals surface area contributed by atoms with Crippen molar-refractivity contribution < 1.29 is 9.53 Å². The third kappa shape index (κ3) is 2.53. The Morgan fingerprint density at radius 3 is 2.59 bits per heavy atom. The fraction of sp³-hybridized carbons (Fsp3) is 0.188. The number of nitrogens with zero attached hydrogens (tertiary/aromatic N) is 2. The van der Waals surface area contributed by atoms with E-state index in [2.05, 4.69) is 29.1 Å². The maximum absolute atomic E-state index is 11.4. The fourth-order valence-corrected chi connectivity index (χ4v) is 3.22. The van der Waals surface area contributed by atoms with Gasteiger partial charge in [-0.15, -0.1) is 11.3 Å². The molecule has 0 fully saturated rings. The lowest BCUT2D eigenvalue weighted by Crippen LogP contribution is -2.01. The summed E-state index contributed by atoms with van der Waals surface area (Å²) >= 11 is 1.66. The van der Waals surface area contributed by atoms with E-state index >= 15 is 0 Å². The summed E-state index contributed by atoms with van der Waals surface area (Å²) in [5.41, 5.74) is 2.56. The maximum Gasteiger partial charge on any atom is 0.337 e. The average molecular weight is 313 g/mol. The van der Waals surface area contributed by atoms with E-state index in [0.29, 0.717) is 5.56 Å². The molecule has 0 amide bonds. The number of hydrogen-bond donors (Lipinski definition) is 1. The predicted octanol–water partition coefficient (Wildman–Crippen LogP) is 3.84. The van der Waals surface area contributed by atoms with Crippen LogP contribution in [0.2, 0.25) is 0 Å². The number of ether oxygens (including phenoxy) is 1. The van der Waals surface area contributed by atoms with Crippen molar-refractivity contribution in [3.8, 4) is 0 Å². The third-order valence-electron chi connectivity index (χ3n) is 3.53. The van der Waals surface area contributed by atoms with Crippen LogP contribution < -0.4 is 5.32 Å². The first-order valence-electron chi connectivity index (χ1n) is 6.76. The summed E-state index contributed by atoms with van der Waals surface area (Å²) in [5.74, 6) is 0.429. The molecule has 0 saturated heterocycles. The minimum atomic E-state index is -0.347. The molecule has 112 valence electrons. The molecule has 1 N–H and O–H groups in total. The zero-order chi connectivity index (χ0) is 15.7. The van der Waals surface area contributed by atoms with E-state index in [4.69, 9.17) is 4.74 Å². The molecule has 3 rings (SSSR count). The highest BCUT2D eigenvalue weighted by Crippen LogP contribution is 2.33. The van der Waals surface area contributed by atoms with Crippen LogP contribution in [-0.2, 0) is 4.74 Å². The molecular formula is C16H15N3O2S. The van der Waals surface area contributed by atoms with E-state index in [-0.39, 0.29) is 5.97 Å². The molecule has 0 radical (unpaired) electrons. The lowest BCUT2D eigenvalue weighted by atomic mass is 10.2. The van der Waals surface area contributed by atoms with Gasteiger partial charge in [0.1, 0.15) is 17.0 Å². The Labute approximate surface area is 132 Å². The Morgan fingerprint density at radius 1 is 1.18 bits per heavy atom. The minimum absolute atomic E-state index is 0.347. The van der Waals surface area contributed by atoms with E-state index < -0.39 is 0 Å². The first kappa shape index (κ1) is 14.5. The van der Waals surface area contributed by atoms with Crippen LogP contribution in [0, 0.1) is 13.8 Å². The molecule has 22 heavy (non-hydrogen) atoms. The molecule has 1 aromatic carbocycles. The van der Waals surface area contributed by atoms with Crippen molar-refractivity contribution in [3.63, 3.8) is 0 Å². The van der Waals surface area contributed by atoms with Crippen LogP contribution in [-0.4, -0.2) is 23.0 Å². The number of fused-ring (bicyclic) bond motifs is 1. The standard InChI is InChI=1S/C16H15N3O2S/c1-9-10(2)22-15-13(9)14(17-8-18-15)19-12-6-4-11(5-7-12)16(20)21-3/h4-8H,1-3H3,(H,17,18,19). The molecule has 2 aromatic heterocycles. The van der Waals surface area contributed by atoms with Crippen LogP contribution in [0.25, 0.3) is 10.2 Å². The van der Waals surface area contributed by atoms with Crippen molar-refractivity contribution in [2.45, 2.75) is 13.8 Å². The molecule has 0 saturated carbocycles. The van der Waals surface area contributed by atoms with Crippen LogP contribution in [0.15, 0.2) is 30.6 Å². The largest absolute Gasteiger partial charge is 0.465 e. The van der Waals surface area contributed by atoms with Crippen LogP contribution in [0.3, 0.4) is 0 Å². The summed E-state index contributed by atoms with van der Waals surface area (Å²) in [4.78, 5) is 22.3. The maximum atomic E-state index is 11.4. The van der Waals surface area contributed by atoms with Gasteiger partial charge in [0.15, 0.2) is 0 Å². The SMILES string of the molecule is COC(=O)c1ccc(Nc2ncnc3sc(C)c(C)c23)cc1. The lowest BCUT2D eigenvalue weighted by molar-refractivity contribution is 0.0601. The number of hydrogen-bond acceptors (Lipinski definition) is 6. The van der Waals surface area contributed by atoms with Crippen molar-refractivity contribution in [1.29, 1.82) is 0 Å². The van der Waals surface area contributed by atoms with Gasteiger partial charge in [-0.3, -0.25) is 0 Å². The first-order valence-corrected chi connectivity index (χ1v) is 7.58. The molecule has 3 aromatic rings. The molecule has 0 aliphatic rings. The molecule has 0 unspecified atom stereocenters. The number of carbonyl (C=O) groups excluding carboxylic acids is 1. The molecule has 2 heterocycles. The fourth-order valence-electron chi connectivity index (χ4n) is 2.22. The summed E-state index contributed by atoms with van der Waals surface area (Å²) in [7, 11) is 1.37. The van der Waals surface area contributed by atoms with Crippen molar-refractivity contribution in [1.82, 2.24) is 9.97 Å². The Morgan fingerprint density at radius 2 is 1.91 bits per heavy atom. The van der Waals surface area contributed by atoms with Crippen molar-refractivity contribution in [2.24, 2.45) is 0 Å². The van der Waals surface area contributed by atoms with Crippen LogP contribution in [0.1, 0.15) is 20.8 Å². The van der Waals surface area contributed by atoms with Gasteiger partial charge in [-0.1, -0.05) is 0 Å². The van der Waals surface area contributed by atoms with Gasteiger partial charge in [0, 0.05) is 10.6 Å². The van der Waals surface area contributed by atoms with Gasteiger partial charge in [0.05, 0.1) is 18.1 Å². The second kappa shape index (κ2) is 5.73.